The van der Waals surface area contributed by atoms with Gasteiger partial charge in [-0.3, -0.25) is 9.63 Å². The molecule has 0 aliphatic carbocycles. The van der Waals surface area contributed by atoms with Crippen molar-refractivity contribution in [2.24, 2.45) is 5.92 Å². The van der Waals surface area contributed by atoms with Crippen LogP contribution in [0.15, 0.2) is 29.2 Å². The number of hydroxylamine groups is 1. The molecule has 1 amide bonds. The molecule has 0 saturated heterocycles. The van der Waals surface area contributed by atoms with Gasteiger partial charge in [-0.1, -0.05) is 24.4 Å². The van der Waals surface area contributed by atoms with Crippen molar-refractivity contribution in [2.45, 2.75) is 31.6 Å². The molecule has 0 spiro atoms. The minimum absolute atomic E-state index is 0.0201. The standard InChI is InChI=1S/C15H24N2O4S/c1-12(2)7-6-10-16-15(18)13-8-5-9-14(11-13)22(19,20)17(3)21-4/h5,8-9,11-12H,6-7,10H2,1-4H3,(H,16,18). The summed E-state index contributed by atoms with van der Waals surface area (Å²) in [4.78, 5) is 16.8. The van der Waals surface area contributed by atoms with Crippen LogP contribution in [0.5, 0.6) is 0 Å². The summed E-state index contributed by atoms with van der Waals surface area (Å²) in [6.45, 7) is 4.83. The van der Waals surface area contributed by atoms with Gasteiger partial charge in [-0.05, 0) is 37.0 Å². The monoisotopic (exact) mass is 328 g/mol. The molecule has 7 heteroatoms. The third-order valence-corrected chi connectivity index (χ3v) is 4.91. The smallest absolute Gasteiger partial charge is 0.264 e. The molecule has 1 aromatic carbocycles. The molecule has 0 aliphatic heterocycles. The predicted molar refractivity (Wildman–Crippen MR) is 84.8 cm³/mol. The molecule has 0 heterocycles. The highest BCUT2D eigenvalue weighted by Gasteiger charge is 2.21. The van der Waals surface area contributed by atoms with E-state index in [-0.39, 0.29) is 10.8 Å². The maximum Gasteiger partial charge on any atom is 0.264 e. The summed E-state index contributed by atoms with van der Waals surface area (Å²) in [6.07, 6.45) is 1.93. The van der Waals surface area contributed by atoms with Crippen LogP contribution >= 0.6 is 0 Å². The summed E-state index contributed by atoms with van der Waals surface area (Å²) < 4.78 is 25.0. The number of benzene rings is 1. The van der Waals surface area contributed by atoms with Crippen LogP contribution in [-0.2, 0) is 14.9 Å². The average Bonchev–Trinajstić information content (AvgIpc) is 2.50. The van der Waals surface area contributed by atoms with E-state index in [9.17, 15) is 13.2 Å². The minimum atomic E-state index is -3.75. The summed E-state index contributed by atoms with van der Waals surface area (Å²) in [5.74, 6) is 0.316. The van der Waals surface area contributed by atoms with Crippen LogP contribution in [0, 0.1) is 5.92 Å². The maximum absolute atomic E-state index is 12.1. The van der Waals surface area contributed by atoms with E-state index in [1.807, 2.05) is 0 Å². The summed E-state index contributed by atoms with van der Waals surface area (Å²) in [6, 6.07) is 5.91. The second-order valence-corrected chi connectivity index (χ2v) is 7.35. The third kappa shape index (κ3) is 5.08. The van der Waals surface area contributed by atoms with E-state index in [0.29, 0.717) is 18.0 Å². The molecule has 0 fully saturated rings. The molecule has 0 atom stereocenters. The molecule has 1 aromatic rings. The van der Waals surface area contributed by atoms with Gasteiger partial charge < -0.3 is 5.32 Å². The van der Waals surface area contributed by atoms with E-state index in [1.54, 1.807) is 12.1 Å². The Morgan fingerprint density at radius 3 is 2.64 bits per heavy atom. The van der Waals surface area contributed by atoms with Gasteiger partial charge in [-0.25, -0.2) is 8.42 Å². The first-order chi connectivity index (χ1) is 10.3. The lowest BCUT2D eigenvalue weighted by atomic mass is 10.1. The number of hydrogen-bond donors (Lipinski definition) is 1. The fourth-order valence-corrected chi connectivity index (χ4v) is 2.88. The number of hydrogen-bond acceptors (Lipinski definition) is 4. The molecule has 0 bridgehead atoms. The predicted octanol–water partition coefficient (Wildman–Crippen LogP) is 2.03. The third-order valence-electron chi connectivity index (χ3n) is 3.23. The Labute approximate surface area is 132 Å². The molecule has 22 heavy (non-hydrogen) atoms. The lowest BCUT2D eigenvalue weighted by Gasteiger charge is -2.14. The second kappa shape index (κ2) is 8.26. The van der Waals surface area contributed by atoms with Gasteiger partial charge in [-0.2, -0.15) is 0 Å². The molecule has 0 radical (unpaired) electrons. The van der Waals surface area contributed by atoms with Gasteiger partial charge in [0, 0.05) is 19.2 Å². The first-order valence-corrected chi connectivity index (χ1v) is 8.64. The van der Waals surface area contributed by atoms with Gasteiger partial charge in [0.25, 0.3) is 15.9 Å². The largest absolute Gasteiger partial charge is 0.352 e. The highest BCUT2D eigenvalue weighted by molar-refractivity contribution is 7.89. The summed E-state index contributed by atoms with van der Waals surface area (Å²) in [5, 5.41) is 2.80. The Hall–Kier alpha value is -1.44. The van der Waals surface area contributed by atoms with Crippen LogP contribution in [0.4, 0.5) is 0 Å². The fourth-order valence-electron chi connectivity index (χ4n) is 1.86. The lowest BCUT2D eigenvalue weighted by Crippen LogP contribution is -2.27. The molecule has 0 saturated carbocycles. The van der Waals surface area contributed by atoms with Crippen molar-refractivity contribution in [1.29, 1.82) is 0 Å². The topological polar surface area (TPSA) is 75.7 Å². The molecular weight excluding hydrogens is 304 g/mol. The van der Waals surface area contributed by atoms with Crippen molar-refractivity contribution in [1.82, 2.24) is 9.79 Å². The molecule has 124 valence electrons. The van der Waals surface area contributed by atoms with Gasteiger partial charge in [0.15, 0.2) is 0 Å². The second-order valence-electron chi connectivity index (χ2n) is 5.42. The number of rotatable bonds is 8. The van der Waals surface area contributed by atoms with Crippen LogP contribution in [0.1, 0.15) is 37.0 Å². The summed E-state index contributed by atoms with van der Waals surface area (Å²) >= 11 is 0. The van der Waals surface area contributed by atoms with Crippen molar-refractivity contribution >= 4 is 15.9 Å². The molecule has 1 N–H and O–H groups in total. The van der Waals surface area contributed by atoms with Gasteiger partial charge in [0.2, 0.25) is 0 Å². The van der Waals surface area contributed by atoms with Gasteiger partial charge in [0.05, 0.1) is 12.0 Å². The van der Waals surface area contributed by atoms with E-state index >= 15 is 0 Å². The van der Waals surface area contributed by atoms with Crippen molar-refractivity contribution in [3.8, 4) is 0 Å². The van der Waals surface area contributed by atoms with E-state index in [1.165, 1.54) is 26.3 Å². The Morgan fingerprint density at radius 1 is 1.36 bits per heavy atom. The quantitative estimate of drug-likeness (QED) is 0.585. The zero-order valence-corrected chi connectivity index (χ0v) is 14.3. The van der Waals surface area contributed by atoms with Gasteiger partial charge >= 0.3 is 0 Å². The van der Waals surface area contributed by atoms with Crippen molar-refractivity contribution < 1.29 is 18.0 Å². The first kappa shape index (κ1) is 18.6. The number of amides is 1. The molecule has 0 aromatic heterocycles. The van der Waals surface area contributed by atoms with Gasteiger partial charge in [-0.15, -0.1) is 0 Å². The highest BCUT2D eigenvalue weighted by Crippen LogP contribution is 2.16. The minimum Gasteiger partial charge on any atom is -0.352 e. The Morgan fingerprint density at radius 2 is 2.05 bits per heavy atom. The van der Waals surface area contributed by atoms with E-state index in [0.717, 1.165) is 17.3 Å². The van der Waals surface area contributed by atoms with Gasteiger partial charge in [0.1, 0.15) is 0 Å². The summed E-state index contributed by atoms with van der Waals surface area (Å²) in [5.41, 5.74) is 0.315. The van der Waals surface area contributed by atoms with Crippen LogP contribution in [0.2, 0.25) is 0 Å². The SMILES string of the molecule is CON(C)S(=O)(=O)c1cccc(C(=O)NCCCC(C)C)c1. The molecule has 0 unspecified atom stereocenters. The first-order valence-electron chi connectivity index (χ1n) is 7.20. The molecule has 6 nitrogen and oxygen atoms in total. The fraction of sp³-hybridized carbons (Fsp3) is 0.533. The maximum atomic E-state index is 12.1. The Bertz CT molecular complexity index is 599. The molecule has 1 rings (SSSR count). The Kier molecular flexibility index (Phi) is 6.99. The van der Waals surface area contributed by atoms with E-state index < -0.39 is 10.0 Å². The van der Waals surface area contributed by atoms with Crippen LogP contribution in [0.25, 0.3) is 0 Å². The zero-order valence-electron chi connectivity index (χ0n) is 13.5. The number of sulfonamides is 1. The highest BCUT2D eigenvalue weighted by atomic mass is 32.2. The number of nitrogens with one attached hydrogen (secondary N) is 1. The lowest BCUT2D eigenvalue weighted by molar-refractivity contribution is -0.0258. The van der Waals surface area contributed by atoms with Crippen molar-refractivity contribution in [2.75, 3.05) is 20.7 Å². The Balaban J connectivity index is 2.78. The van der Waals surface area contributed by atoms with Crippen molar-refractivity contribution in [3.05, 3.63) is 29.8 Å². The molecular formula is C15H24N2O4S. The number of carbonyl (C=O) groups excluding carboxylic acids is 1. The summed E-state index contributed by atoms with van der Waals surface area (Å²) in [7, 11) is -1.18. The van der Waals surface area contributed by atoms with E-state index in [2.05, 4.69) is 19.2 Å². The molecule has 0 aliphatic rings. The zero-order chi connectivity index (χ0) is 16.8. The van der Waals surface area contributed by atoms with Crippen LogP contribution < -0.4 is 5.32 Å². The van der Waals surface area contributed by atoms with Crippen molar-refractivity contribution in [3.63, 3.8) is 0 Å². The van der Waals surface area contributed by atoms with E-state index in [4.69, 9.17) is 4.84 Å². The average molecular weight is 328 g/mol. The number of nitrogens with zero attached hydrogens (tertiary/aromatic N) is 1. The number of carbonyl (C=O) groups is 1. The van der Waals surface area contributed by atoms with Crippen LogP contribution in [0.3, 0.4) is 0 Å². The normalized spacial score (nSPS) is 11.9. The van der Waals surface area contributed by atoms with Crippen LogP contribution in [-0.4, -0.2) is 39.5 Å².